The maximum atomic E-state index is 14.6. The highest BCUT2D eigenvalue weighted by molar-refractivity contribution is 5.92. The van der Waals surface area contributed by atoms with Crippen LogP contribution in [0.3, 0.4) is 0 Å². The number of rotatable bonds is 3. The molecule has 4 nitrogen and oxygen atoms in total. The van der Waals surface area contributed by atoms with E-state index in [1.165, 1.54) is 12.1 Å². The first-order valence-electron chi connectivity index (χ1n) is 12.3. The highest BCUT2D eigenvalue weighted by atomic mass is 19.1. The number of likely N-dealkylation sites (N-methyl/N-ethyl adjacent to an activating group) is 1. The Labute approximate surface area is 194 Å². The molecule has 1 aromatic carbocycles. The van der Waals surface area contributed by atoms with Crippen molar-refractivity contribution in [1.82, 2.24) is 10.2 Å². The number of carbonyl (C=O) groups excluding carboxylic acids is 2. The van der Waals surface area contributed by atoms with Crippen molar-refractivity contribution in [2.45, 2.75) is 65.0 Å². The van der Waals surface area contributed by atoms with Gasteiger partial charge in [0.1, 0.15) is 5.82 Å². The molecule has 33 heavy (non-hydrogen) atoms. The molecular formula is C27H34F2N2O2. The molecule has 3 aliphatic carbocycles. The number of nitrogens with zero attached hydrogens (tertiary/aromatic N) is 1. The average Bonchev–Trinajstić information content (AvgIpc) is 3.13. The first-order valence-corrected chi connectivity index (χ1v) is 12.3. The molecule has 3 fully saturated rings. The van der Waals surface area contributed by atoms with Crippen LogP contribution in [-0.4, -0.2) is 29.8 Å². The third-order valence-electron chi connectivity index (χ3n) is 9.83. The summed E-state index contributed by atoms with van der Waals surface area (Å²) in [6, 6.07) is 6.40. The molecular weight excluding hydrogens is 422 g/mol. The predicted molar refractivity (Wildman–Crippen MR) is 122 cm³/mol. The number of carbonyl (C=O) groups is 2. The van der Waals surface area contributed by atoms with Gasteiger partial charge >= 0.3 is 0 Å². The maximum Gasteiger partial charge on any atom is 0.282 e. The van der Waals surface area contributed by atoms with Crippen LogP contribution in [0.15, 0.2) is 36.2 Å². The summed E-state index contributed by atoms with van der Waals surface area (Å²) < 4.78 is 28.0. The summed E-state index contributed by atoms with van der Waals surface area (Å²) in [5.74, 6) is -0.196. The molecule has 1 aliphatic heterocycles. The summed E-state index contributed by atoms with van der Waals surface area (Å²) in [4.78, 5) is 27.1. The SMILES string of the molecule is CN1C(=O)C(F)=C[C@]2(C)[C@H]3CC[C@]4(C)[C@@H](C(=O)NCc5cccc(F)c5)CC[C@H]4[C@@H]3CC[C@@H]12. The van der Waals surface area contributed by atoms with Crippen LogP contribution in [0.5, 0.6) is 0 Å². The lowest BCUT2D eigenvalue weighted by molar-refractivity contribution is -0.145. The quantitative estimate of drug-likeness (QED) is 0.696. The Kier molecular flexibility index (Phi) is 5.41. The van der Waals surface area contributed by atoms with Gasteiger partial charge in [0.05, 0.1) is 0 Å². The monoisotopic (exact) mass is 456 g/mol. The van der Waals surface area contributed by atoms with Gasteiger partial charge in [0.25, 0.3) is 5.91 Å². The van der Waals surface area contributed by atoms with Gasteiger partial charge in [-0.25, -0.2) is 8.78 Å². The Morgan fingerprint density at radius 3 is 2.67 bits per heavy atom. The van der Waals surface area contributed by atoms with E-state index in [9.17, 15) is 18.4 Å². The summed E-state index contributed by atoms with van der Waals surface area (Å²) in [7, 11) is 1.74. The van der Waals surface area contributed by atoms with Crippen LogP contribution in [0.2, 0.25) is 0 Å². The highest BCUT2D eigenvalue weighted by Gasteiger charge is 2.62. The van der Waals surface area contributed by atoms with Crippen molar-refractivity contribution < 1.29 is 18.4 Å². The zero-order valence-corrected chi connectivity index (χ0v) is 19.7. The van der Waals surface area contributed by atoms with Gasteiger partial charge in [0, 0.05) is 31.0 Å². The Hall–Kier alpha value is -2.24. The van der Waals surface area contributed by atoms with Crippen LogP contribution in [0.1, 0.15) is 57.9 Å². The highest BCUT2D eigenvalue weighted by Crippen LogP contribution is 2.65. The number of amides is 2. The second kappa shape index (κ2) is 7.92. The molecule has 178 valence electrons. The Balaban J connectivity index is 1.34. The molecule has 0 radical (unpaired) electrons. The lowest BCUT2D eigenvalue weighted by Crippen LogP contribution is -2.60. The minimum atomic E-state index is -0.619. The van der Waals surface area contributed by atoms with E-state index in [4.69, 9.17) is 0 Å². The van der Waals surface area contributed by atoms with E-state index >= 15 is 0 Å². The molecule has 0 bridgehead atoms. The van der Waals surface area contributed by atoms with Crippen molar-refractivity contribution in [3.8, 4) is 0 Å². The van der Waals surface area contributed by atoms with Gasteiger partial charge in [-0.15, -0.1) is 0 Å². The second-order valence-electron chi connectivity index (χ2n) is 11.3. The van der Waals surface area contributed by atoms with E-state index in [2.05, 4.69) is 19.2 Å². The zero-order chi connectivity index (χ0) is 23.5. The van der Waals surface area contributed by atoms with Crippen LogP contribution in [0.4, 0.5) is 8.78 Å². The lowest BCUT2D eigenvalue weighted by atomic mass is 9.47. The third kappa shape index (κ3) is 3.43. The number of hydrogen-bond acceptors (Lipinski definition) is 2. The van der Waals surface area contributed by atoms with Gasteiger partial charge < -0.3 is 10.2 Å². The minimum absolute atomic E-state index is 0.0434. The Bertz CT molecular complexity index is 1010. The molecule has 0 aromatic heterocycles. The van der Waals surface area contributed by atoms with Crippen molar-refractivity contribution in [2.75, 3.05) is 7.05 Å². The van der Waals surface area contributed by atoms with Crippen LogP contribution in [0.25, 0.3) is 0 Å². The molecule has 1 N–H and O–H groups in total. The van der Waals surface area contributed by atoms with Gasteiger partial charge in [-0.3, -0.25) is 9.59 Å². The molecule has 5 rings (SSSR count). The van der Waals surface area contributed by atoms with Crippen molar-refractivity contribution >= 4 is 11.8 Å². The van der Waals surface area contributed by atoms with E-state index < -0.39 is 11.7 Å². The van der Waals surface area contributed by atoms with Crippen molar-refractivity contribution in [3.05, 3.63) is 47.5 Å². The number of nitrogens with one attached hydrogen (secondary N) is 1. The standard InChI is InChI=1S/C27H34F2N2O2/c1-26-12-11-20-18(7-10-23-27(20,2)14-22(29)25(33)31(23)3)19(26)8-9-21(26)24(32)30-15-16-5-4-6-17(28)13-16/h4-6,13-14,18-21,23H,7-12,15H2,1-3H3,(H,30,32)/t18-,19-,20-,21+,23+,26-,27+/m0/s1. The number of benzene rings is 1. The molecule has 0 spiro atoms. The Morgan fingerprint density at radius 2 is 1.91 bits per heavy atom. The third-order valence-corrected chi connectivity index (χ3v) is 9.83. The predicted octanol–water partition coefficient (Wildman–Crippen LogP) is 4.99. The van der Waals surface area contributed by atoms with Gasteiger partial charge in [0.15, 0.2) is 5.83 Å². The first-order chi connectivity index (χ1) is 15.6. The van der Waals surface area contributed by atoms with E-state index in [0.29, 0.717) is 24.3 Å². The van der Waals surface area contributed by atoms with E-state index in [1.807, 2.05) is 6.07 Å². The molecule has 7 atom stereocenters. The summed E-state index contributed by atoms with van der Waals surface area (Å²) in [5, 5.41) is 3.06. The molecule has 1 heterocycles. The van der Waals surface area contributed by atoms with Crippen molar-refractivity contribution in [1.29, 1.82) is 0 Å². The number of halogens is 2. The molecule has 4 aliphatic rings. The van der Waals surface area contributed by atoms with E-state index in [0.717, 1.165) is 44.1 Å². The summed E-state index contributed by atoms with van der Waals surface area (Å²) >= 11 is 0. The largest absolute Gasteiger partial charge is 0.352 e. The van der Waals surface area contributed by atoms with Crippen molar-refractivity contribution in [2.24, 2.45) is 34.5 Å². The van der Waals surface area contributed by atoms with Crippen LogP contribution in [0, 0.1) is 40.3 Å². The normalized spacial score (nSPS) is 39.9. The van der Waals surface area contributed by atoms with Crippen LogP contribution >= 0.6 is 0 Å². The topological polar surface area (TPSA) is 49.4 Å². The fraction of sp³-hybridized carbons (Fsp3) is 0.630. The summed E-state index contributed by atoms with van der Waals surface area (Å²) in [5.41, 5.74) is 0.340. The molecule has 2 amide bonds. The fourth-order valence-electron chi connectivity index (χ4n) is 8.22. The number of hydrogen-bond donors (Lipinski definition) is 1. The second-order valence-corrected chi connectivity index (χ2v) is 11.3. The van der Waals surface area contributed by atoms with Crippen LogP contribution in [-0.2, 0) is 16.1 Å². The fourth-order valence-corrected chi connectivity index (χ4v) is 8.22. The first kappa shape index (κ1) is 22.5. The van der Waals surface area contributed by atoms with Gasteiger partial charge in [-0.1, -0.05) is 26.0 Å². The average molecular weight is 457 g/mol. The van der Waals surface area contributed by atoms with Gasteiger partial charge in [-0.2, -0.15) is 0 Å². The molecule has 0 unspecified atom stereocenters. The minimum Gasteiger partial charge on any atom is -0.352 e. The van der Waals surface area contributed by atoms with Crippen LogP contribution < -0.4 is 5.32 Å². The smallest absolute Gasteiger partial charge is 0.282 e. The van der Waals surface area contributed by atoms with Crippen molar-refractivity contribution in [3.63, 3.8) is 0 Å². The van der Waals surface area contributed by atoms with E-state index in [-0.39, 0.29) is 34.5 Å². The summed E-state index contributed by atoms with van der Waals surface area (Å²) in [6.07, 6.45) is 7.29. The molecule has 3 saturated carbocycles. The maximum absolute atomic E-state index is 14.6. The molecule has 1 aromatic rings. The Morgan fingerprint density at radius 1 is 1.12 bits per heavy atom. The summed E-state index contributed by atoms with van der Waals surface area (Å²) in [6.45, 7) is 4.75. The lowest BCUT2D eigenvalue weighted by Gasteiger charge is -2.60. The zero-order valence-electron chi connectivity index (χ0n) is 19.7. The van der Waals surface area contributed by atoms with Gasteiger partial charge in [-0.05, 0) is 85.5 Å². The number of fused-ring (bicyclic) bond motifs is 5. The molecule has 6 heteroatoms. The molecule has 0 saturated heterocycles. The van der Waals surface area contributed by atoms with E-state index in [1.54, 1.807) is 24.1 Å². The van der Waals surface area contributed by atoms with Gasteiger partial charge in [0.2, 0.25) is 5.91 Å².